The summed E-state index contributed by atoms with van der Waals surface area (Å²) in [6.45, 7) is 1.44. The standard InChI is InChI=1S/C17H25N9S2/c1-20-16(24-12-18)22-6-8-27-10-14-4-3-5-15(26-14)11-28-9-7-23-17(21-2)25-13-19/h3-5H,6-11H2,1-2H3,(H2,20,22,24)(H2,21,23,25). The Bertz CT molecular complexity index is 665. The highest BCUT2D eigenvalue weighted by atomic mass is 32.2. The lowest BCUT2D eigenvalue weighted by molar-refractivity contribution is 0.930. The minimum absolute atomic E-state index is 0.482. The van der Waals surface area contributed by atoms with Crippen LogP contribution in [0.2, 0.25) is 0 Å². The molecule has 1 aromatic heterocycles. The number of hydrogen-bond donors (Lipinski definition) is 4. The Morgan fingerprint density at radius 2 is 1.39 bits per heavy atom. The molecule has 9 nitrogen and oxygen atoms in total. The number of nitrogens with zero attached hydrogens (tertiary/aromatic N) is 5. The zero-order chi connectivity index (χ0) is 20.5. The quantitative estimate of drug-likeness (QED) is 0.143. The lowest BCUT2D eigenvalue weighted by Gasteiger charge is -2.08. The smallest absolute Gasteiger partial charge is 0.204 e. The third-order valence-corrected chi connectivity index (χ3v) is 5.22. The van der Waals surface area contributed by atoms with Gasteiger partial charge in [0, 0.05) is 50.2 Å². The number of aromatic nitrogens is 1. The first-order valence-electron chi connectivity index (χ1n) is 8.55. The van der Waals surface area contributed by atoms with Crippen molar-refractivity contribution >= 4 is 35.4 Å². The van der Waals surface area contributed by atoms with Gasteiger partial charge in [0.25, 0.3) is 0 Å². The van der Waals surface area contributed by atoms with Gasteiger partial charge in [-0.2, -0.15) is 34.0 Å². The largest absolute Gasteiger partial charge is 0.355 e. The minimum Gasteiger partial charge on any atom is -0.355 e. The van der Waals surface area contributed by atoms with Crippen LogP contribution < -0.4 is 21.3 Å². The average Bonchev–Trinajstić information content (AvgIpc) is 2.72. The van der Waals surface area contributed by atoms with E-state index in [4.69, 9.17) is 10.5 Å². The second-order valence-corrected chi connectivity index (χ2v) is 7.41. The summed E-state index contributed by atoms with van der Waals surface area (Å²) in [5, 5.41) is 28.2. The van der Waals surface area contributed by atoms with Crippen molar-refractivity contribution in [2.45, 2.75) is 11.5 Å². The summed E-state index contributed by atoms with van der Waals surface area (Å²) in [6.07, 6.45) is 3.69. The van der Waals surface area contributed by atoms with Crippen LogP contribution in [0, 0.1) is 22.9 Å². The van der Waals surface area contributed by atoms with Crippen LogP contribution >= 0.6 is 23.5 Å². The van der Waals surface area contributed by atoms with E-state index in [-0.39, 0.29) is 0 Å². The second-order valence-electron chi connectivity index (χ2n) is 5.20. The Morgan fingerprint density at radius 1 is 0.929 bits per heavy atom. The van der Waals surface area contributed by atoms with E-state index in [9.17, 15) is 0 Å². The highest BCUT2D eigenvalue weighted by Crippen LogP contribution is 2.13. The fourth-order valence-corrected chi connectivity index (χ4v) is 3.51. The van der Waals surface area contributed by atoms with Crippen molar-refractivity contribution in [3.63, 3.8) is 0 Å². The van der Waals surface area contributed by atoms with Crippen LogP contribution in [0.1, 0.15) is 11.4 Å². The van der Waals surface area contributed by atoms with Gasteiger partial charge in [0.05, 0.1) is 11.4 Å². The van der Waals surface area contributed by atoms with Crippen molar-refractivity contribution in [1.29, 1.82) is 10.5 Å². The summed E-state index contributed by atoms with van der Waals surface area (Å²) >= 11 is 3.55. The highest BCUT2D eigenvalue weighted by molar-refractivity contribution is 7.98. The number of hydrogen-bond acceptors (Lipinski definition) is 7. The normalized spacial score (nSPS) is 11.3. The number of guanidine groups is 2. The maximum absolute atomic E-state index is 8.57. The fraction of sp³-hybridized carbons (Fsp3) is 0.471. The van der Waals surface area contributed by atoms with Gasteiger partial charge in [-0.3, -0.25) is 25.6 Å². The third-order valence-electron chi connectivity index (χ3n) is 3.24. The van der Waals surface area contributed by atoms with Crippen LogP contribution in [-0.4, -0.2) is 55.6 Å². The maximum atomic E-state index is 8.57. The summed E-state index contributed by atoms with van der Waals surface area (Å²) in [7, 11) is 3.26. The van der Waals surface area contributed by atoms with E-state index < -0.39 is 0 Å². The van der Waals surface area contributed by atoms with Crippen molar-refractivity contribution in [3.8, 4) is 12.4 Å². The van der Waals surface area contributed by atoms with Crippen LogP contribution in [-0.2, 0) is 11.5 Å². The van der Waals surface area contributed by atoms with Crippen LogP contribution in [0.25, 0.3) is 0 Å². The molecule has 4 N–H and O–H groups in total. The first-order valence-corrected chi connectivity index (χ1v) is 10.9. The highest BCUT2D eigenvalue weighted by Gasteiger charge is 2.01. The van der Waals surface area contributed by atoms with Gasteiger partial charge >= 0.3 is 0 Å². The molecule has 0 unspecified atom stereocenters. The second kappa shape index (κ2) is 15.4. The van der Waals surface area contributed by atoms with Crippen molar-refractivity contribution in [2.24, 2.45) is 9.98 Å². The number of thioether (sulfide) groups is 2. The molecule has 0 radical (unpaired) electrons. The fourth-order valence-electron chi connectivity index (χ4n) is 1.99. The summed E-state index contributed by atoms with van der Waals surface area (Å²) in [4.78, 5) is 12.5. The Hall–Kier alpha value is -2.63. The average molecular weight is 420 g/mol. The minimum atomic E-state index is 0.482. The van der Waals surface area contributed by atoms with Crippen molar-refractivity contribution in [2.75, 3.05) is 38.7 Å². The first kappa shape index (κ1) is 23.4. The number of nitrogens with one attached hydrogen (secondary N) is 4. The van der Waals surface area contributed by atoms with Gasteiger partial charge in [0.2, 0.25) is 11.9 Å². The molecule has 1 rings (SSSR count). The van der Waals surface area contributed by atoms with Crippen molar-refractivity contribution in [3.05, 3.63) is 29.6 Å². The zero-order valence-corrected chi connectivity index (χ0v) is 17.7. The molecular weight excluding hydrogens is 394 g/mol. The van der Waals surface area contributed by atoms with Gasteiger partial charge in [0.15, 0.2) is 12.4 Å². The van der Waals surface area contributed by atoms with E-state index in [1.165, 1.54) is 0 Å². The molecule has 0 saturated heterocycles. The molecule has 0 aliphatic heterocycles. The molecule has 1 heterocycles. The van der Waals surface area contributed by atoms with Gasteiger partial charge in [-0.1, -0.05) is 6.07 Å². The van der Waals surface area contributed by atoms with E-state index in [2.05, 4.69) is 36.2 Å². The molecule has 28 heavy (non-hydrogen) atoms. The molecule has 0 fully saturated rings. The van der Waals surface area contributed by atoms with E-state index in [1.807, 2.05) is 30.6 Å². The predicted octanol–water partition coefficient (Wildman–Crippen LogP) is 0.840. The number of pyridine rings is 1. The number of rotatable bonds is 10. The SMILES string of the molecule is CN=C(NC#N)NCCSCc1cccc(CSCCNC(=NC)NC#N)n1. The van der Waals surface area contributed by atoms with Crippen molar-refractivity contribution in [1.82, 2.24) is 26.3 Å². The number of aliphatic imine (C=N–C) groups is 2. The van der Waals surface area contributed by atoms with Gasteiger partial charge in [-0.25, -0.2) is 0 Å². The first-order chi connectivity index (χ1) is 13.7. The molecule has 11 heteroatoms. The third kappa shape index (κ3) is 10.5. The molecule has 150 valence electrons. The molecule has 0 spiro atoms. The Morgan fingerprint density at radius 3 is 1.79 bits per heavy atom. The van der Waals surface area contributed by atoms with E-state index in [0.29, 0.717) is 11.9 Å². The van der Waals surface area contributed by atoms with Gasteiger partial charge < -0.3 is 10.6 Å². The lowest BCUT2D eigenvalue weighted by atomic mass is 10.3. The van der Waals surface area contributed by atoms with Crippen molar-refractivity contribution < 1.29 is 0 Å². The maximum Gasteiger partial charge on any atom is 0.204 e. The molecule has 0 atom stereocenters. The Balaban J connectivity index is 2.23. The van der Waals surface area contributed by atoms with Gasteiger partial charge in [-0.05, 0) is 12.1 Å². The molecule has 0 amide bonds. The summed E-state index contributed by atoms with van der Waals surface area (Å²) < 4.78 is 0. The summed E-state index contributed by atoms with van der Waals surface area (Å²) in [5.41, 5.74) is 2.11. The summed E-state index contributed by atoms with van der Waals surface area (Å²) in [5.74, 6) is 4.41. The van der Waals surface area contributed by atoms with E-state index in [1.54, 1.807) is 37.6 Å². The number of nitriles is 2. The Labute approximate surface area is 174 Å². The Kier molecular flexibility index (Phi) is 12.9. The molecule has 0 bridgehead atoms. The zero-order valence-electron chi connectivity index (χ0n) is 16.0. The molecule has 0 aromatic carbocycles. The molecule has 0 aliphatic rings. The van der Waals surface area contributed by atoms with E-state index >= 15 is 0 Å². The molecular formula is C17H25N9S2. The lowest BCUT2D eigenvalue weighted by Crippen LogP contribution is -2.35. The molecule has 0 saturated carbocycles. The van der Waals surface area contributed by atoms with E-state index in [0.717, 1.165) is 47.5 Å². The van der Waals surface area contributed by atoms with Gasteiger partial charge in [-0.15, -0.1) is 0 Å². The van der Waals surface area contributed by atoms with Crippen LogP contribution in [0.15, 0.2) is 28.2 Å². The molecule has 1 aromatic rings. The van der Waals surface area contributed by atoms with Crippen LogP contribution in [0.4, 0.5) is 0 Å². The molecule has 0 aliphatic carbocycles. The van der Waals surface area contributed by atoms with Gasteiger partial charge in [0.1, 0.15) is 0 Å². The predicted molar refractivity (Wildman–Crippen MR) is 117 cm³/mol. The van der Waals surface area contributed by atoms with Crippen LogP contribution in [0.3, 0.4) is 0 Å². The monoisotopic (exact) mass is 419 g/mol. The summed E-state index contributed by atoms with van der Waals surface area (Å²) in [6, 6.07) is 6.10. The van der Waals surface area contributed by atoms with Crippen LogP contribution in [0.5, 0.6) is 0 Å². The topological polar surface area (TPSA) is 133 Å².